The van der Waals surface area contributed by atoms with Crippen molar-refractivity contribution in [2.24, 2.45) is 0 Å². The summed E-state index contributed by atoms with van der Waals surface area (Å²) in [5.41, 5.74) is 2.02. The van der Waals surface area contributed by atoms with E-state index in [4.69, 9.17) is 18.6 Å². The minimum Gasteiger partial charge on any atom is -0.484 e. The Kier molecular flexibility index (Phi) is 4.84. The van der Waals surface area contributed by atoms with E-state index in [-0.39, 0.29) is 31.0 Å². The number of hydrogen-bond acceptors (Lipinski definition) is 7. The number of fused-ring (bicyclic) bond motifs is 1. The van der Waals surface area contributed by atoms with Gasteiger partial charge in [0.15, 0.2) is 23.8 Å². The van der Waals surface area contributed by atoms with Gasteiger partial charge in [-0.2, -0.15) is 0 Å². The van der Waals surface area contributed by atoms with Gasteiger partial charge in [0, 0.05) is 12.3 Å². The molecular formula is C20H19N3O5. The molecule has 0 bridgehead atoms. The topological polar surface area (TPSA) is 95.7 Å². The number of oxazole rings is 1. The van der Waals surface area contributed by atoms with Crippen molar-refractivity contribution in [3.05, 3.63) is 65.6 Å². The van der Waals surface area contributed by atoms with E-state index in [9.17, 15) is 4.79 Å². The van der Waals surface area contributed by atoms with E-state index in [0.29, 0.717) is 23.1 Å². The predicted molar refractivity (Wildman–Crippen MR) is 98.3 cm³/mol. The molecule has 144 valence electrons. The zero-order chi connectivity index (χ0) is 19.5. The lowest BCUT2D eigenvalue weighted by atomic mass is 10.2. The fourth-order valence-corrected chi connectivity index (χ4v) is 2.67. The molecule has 1 N–H and O–H groups in total. The monoisotopic (exact) mass is 381 g/mol. The molecule has 1 aliphatic rings. The van der Waals surface area contributed by atoms with Gasteiger partial charge in [0.1, 0.15) is 12.0 Å². The van der Waals surface area contributed by atoms with E-state index in [1.807, 2.05) is 26.0 Å². The Morgan fingerprint density at radius 1 is 1.25 bits per heavy atom. The van der Waals surface area contributed by atoms with E-state index in [1.54, 1.807) is 24.4 Å². The molecule has 1 atom stereocenters. The molecule has 8 nitrogen and oxygen atoms in total. The summed E-state index contributed by atoms with van der Waals surface area (Å²) >= 11 is 0. The number of aryl methyl sites for hydroxylation is 1. The second kappa shape index (κ2) is 7.59. The largest absolute Gasteiger partial charge is 0.484 e. The highest BCUT2D eigenvalue weighted by atomic mass is 16.7. The van der Waals surface area contributed by atoms with Crippen LogP contribution >= 0.6 is 0 Å². The lowest BCUT2D eigenvalue weighted by Crippen LogP contribution is -2.27. The number of aromatic nitrogens is 2. The molecular weight excluding hydrogens is 362 g/mol. The number of rotatable bonds is 6. The van der Waals surface area contributed by atoms with Crippen LogP contribution in [0.5, 0.6) is 17.2 Å². The van der Waals surface area contributed by atoms with E-state index in [2.05, 4.69) is 15.3 Å². The van der Waals surface area contributed by atoms with Crippen molar-refractivity contribution in [3.63, 3.8) is 0 Å². The zero-order valence-electron chi connectivity index (χ0n) is 15.5. The molecule has 0 unspecified atom stereocenters. The molecule has 1 amide bonds. The van der Waals surface area contributed by atoms with Gasteiger partial charge in [-0.25, -0.2) is 4.98 Å². The molecule has 0 saturated carbocycles. The predicted octanol–water partition coefficient (Wildman–Crippen LogP) is 3.18. The summed E-state index contributed by atoms with van der Waals surface area (Å²) < 4.78 is 21.5. The second-order valence-corrected chi connectivity index (χ2v) is 6.39. The summed E-state index contributed by atoms with van der Waals surface area (Å²) in [7, 11) is 0. The molecule has 1 aromatic carbocycles. The molecule has 4 rings (SSSR count). The molecule has 0 spiro atoms. The molecule has 28 heavy (non-hydrogen) atoms. The Balaban J connectivity index is 1.34. The Bertz CT molecular complexity index is 984. The fraction of sp³-hybridized carbons (Fsp3) is 0.250. The van der Waals surface area contributed by atoms with Gasteiger partial charge in [0.05, 0.1) is 11.7 Å². The van der Waals surface area contributed by atoms with Gasteiger partial charge in [-0.05, 0) is 37.6 Å². The number of carbonyl (C=O) groups excluding carboxylic acids is 1. The number of pyridine rings is 1. The number of amides is 1. The van der Waals surface area contributed by atoms with Crippen LogP contribution < -0.4 is 19.5 Å². The Morgan fingerprint density at radius 3 is 2.93 bits per heavy atom. The minimum atomic E-state index is -0.340. The summed E-state index contributed by atoms with van der Waals surface area (Å²) in [6.45, 7) is 4.11. The van der Waals surface area contributed by atoms with Crippen LogP contribution in [0.15, 0.2) is 47.2 Å². The molecule has 0 saturated heterocycles. The van der Waals surface area contributed by atoms with Crippen molar-refractivity contribution >= 4 is 5.91 Å². The molecule has 3 aromatic rings. The quantitative estimate of drug-likeness (QED) is 0.700. The summed E-state index contributed by atoms with van der Waals surface area (Å²) in [4.78, 5) is 20.9. The van der Waals surface area contributed by atoms with Crippen molar-refractivity contribution in [2.75, 3.05) is 6.79 Å². The highest BCUT2D eigenvalue weighted by Gasteiger charge is 2.17. The first-order valence-corrected chi connectivity index (χ1v) is 8.79. The third-order valence-corrected chi connectivity index (χ3v) is 4.22. The number of nitrogens with one attached hydrogen (secondary N) is 1. The number of hydrogen-bond donors (Lipinski definition) is 1. The molecule has 2 aromatic heterocycles. The zero-order valence-corrected chi connectivity index (χ0v) is 15.5. The van der Waals surface area contributed by atoms with Crippen molar-refractivity contribution in [2.45, 2.75) is 26.5 Å². The van der Waals surface area contributed by atoms with Crippen LogP contribution in [0.25, 0.3) is 0 Å². The molecule has 1 aliphatic heterocycles. The number of carbonyl (C=O) groups is 1. The number of nitrogens with zero attached hydrogens (tertiary/aromatic N) is 2. The van der Waals surface area contributed by atoms with Crippen molar-refractivity contribution in [1.82, 2.24) is 15.3 Å². The Hall–Kier alpha value is -3.55. The summed E-state index contributed by atoms with van der Waals surface area (Å²) in [6, 6.07) is 8.85. The van der Waals surface area contributed by atoms with Gasteiger partial charge in [0.25, 0.3) is 5.91 Å². The van der Waals surface area contributed by atoms with Crippen molar-refractivity contribution in [1.29, 1.82) is 0 Å². The average molecular weight is 381 g/mol. The maximum atomic E-state index is 12.4. The van der Waals surface area contributed by atoms with Gasteiger partial charge in [-0.3, -0.25) is 9.78 Å². The Morgan fingerprint density at radius 2 is 2.11 bits per heavy atom. The van der Waals surface area contributed by atoms with Crippen LogP contribution in [0.4, 0.5) is 0 Å². The molecule has 0 fully saturated rings. The van der Waals surface area contributed by atoms with Gasteiger partial charge in [-0.1, -0.05) is 6.07 Å². The molecule has 3 heterocycles. The van der Waals surface area contributed by atoms with E-state index < -0.39 is 0 Å². The first-order valence-electron chi connectivity index (χ1n) is 8.79. The van der Waals surface area contributed by atoms with E-state index in [1.165, 1.54) is 6.26 Å². The standard InChI is InChI=1S/C20H19N3O5/c1-12-3-5-15(21-8-12)13(2)22-20(24)16-9-26-19(23-16)10-25-14-4-6-17-18(7-14)28-11-27-17/h3-9,13H,10-11H2,1-2H3,(H,22,24)/t13-/m1/s1. The van der Waals surface area contributed by atoms with Crippen LogP contribution in [0.2, 0.25) is 0 Å². The van der Waals surface area contributed by atoms with E-state index in [0.717, 1.165) is 11.3 Å². The number of ether oxygens (including phenoxy) is 3. The summed E-state index contributed by atoms with van der Waals surface area (Å²) in [6.07, 6.45) is 3.07. The van der Waals surface area contributed by atoms with Crippen LogP contribution in [-0.2, 0) is 6.61 Å². The lowest BCUT2D eigenvalue weighted by Gasteiger charge is -2.12. The van der Waals surface area contributed by atoms with Gasteiger partial charge in [0.2, 0.25) is 12.7 Å². The maximum absolute atomic E-state index is 12.4. The third kappa shape index (κ3) is 3.90. The average Bonchev–Trinajstić information content (AvgIpc) is 3.35. The molecule has 8 heteroatoms. The normalized spacial score (nSPS) is 13.2. The van der Waals surface area contributed by atoms with Crippen LogP contribution in [0.3, 0.4) is 0 Å². The lowest BCUT2D eigenvalue weighted by molar-refractivity contribution is 0.0934. The maximum Gasteiger partial charge on any atom is 0.273 e. The van der Waals surface area contributed by atoms with Crippen LogP contribution in [0.1, 0.15) is 40.6 Å². The molecule has 0 radical (unpaired) electrons. The smallest absolute Gasteiger partial charge is 0.273 e. The first-order chi connectivity index (χ1) is 13.6. The number of benzene rings is 1. The van der Waals surface area contributed by atoms with Gasteiger partial charge >= 0.3 is 0 Å². The van der Waals surface area contributed by atoms with E-state index >= 15 is 0 Å². The van der Waals surface area contributed by atoms with Gasteiger partial charge in [-0.15, -0.1) is 0 Å². The van der Waals surface area contributed by atoms with Crippen LogP contribution in [-0.4, -0.2) is 22.7 Å². The second-order valence-electron chi connectivity index (χ2n) is 6.39. The summed E-state index contributed by atoms with van der Waals surface area (Å²) in [5, 5.41) is 2.85. The van der Waals surface area contributed by atoms with Crippen molar-refractivity contribution < 1.29 is 23.4 Å². The molecule has 0 aliphatic carbocycles. The van der Waals surface area contributed by atoms with Crippen LogP contribution in [0, 0.1) is 6.92 Å². The highest BCUT2D eigenvalue weighted by Crippen LogP contribution is 2.35. The Labute approximate surface area is 161 Å². The minimum absolute atomic E-state index is 0.0853. The SMILES string of the molecule is Cc1ccc([C@@H](C)NC(=O)c2coc(COc3ccc4c(c3)OCO4)n2)nc1. The van der Waals surface area contributed by atoms with Crippen molar-refractivity contribution in [3.8, 4) is 17.2 Å². The fourth-order valence-electron chi connectivity index (χ4n) is 2.67. The van der Waals surface area contributed by atoms with Gasteiger partial charge < -0.3 is 23.9 Å². The highest BCUT2D eigenvalue weighted by molar-refractivity contribution is 5.92. The third-order valence-electron chi connectivity index (χ3n) is 4.22. The summed E-state index contributed by atoms with van der Waals surface area (Å²) in [5.74, 6) is 1.85. The first kappa shape index (κ1) is 17.8.